The van der Waals surface area contributed by atoms with E-state index in [0.717, 1.165) is 23.6 Å². The first-order valence-corrected chi connectivity index (χ1v) is 7.36. The molecule has 4 nitrogen and oxygen atoms in total. The number of ketones is 1. The van der Waals surface area contributed by atoms with Gasteiger partial charge in [0.15, 0.2) is 5.82 Å². The zero-order chi connectivity index (χ0) is 17.8. The van der Waals surface area contributed by atoms with Gasteiger partial charge in [0, 0.05) is 18.5 Å². The summed E-state index contributed by atoms with van der Waals surface area (Å²) in [6.45, 7) is 0. The molecule has 1 aromatic heterocycles. The largest absolute Gasteiger partial charge is 0.493 e. The standard InChI is InChI=1S/C15H11ClF4N2O2/c1-22-14(24)9(12(21-22)6-2-3-6)13(23)7-4-5-8(15(18,19)20)11(17)10(7)16/h4-6,24H,2-3H2,1H3. The van der Waals surface area contributed by atoms with Gasteiger partial charge in [-0.3, -0.25) is 4.79 Å². The summed E-state index contributed by atoms with van der Waals surface area (Å²) >= 11 is 5.65. The Hall–Kier alpha value is -2.09. The molecular formula is C15H11ClF4N2O2. The van der Waals surface area contributed by atoms with Crippen molar-refractivity contribution in [2.24, 2.45) is 7.05 Å². The molecule has 1 N–H and O–H groups in total. The third kappa shape index (κ3) is 2.64. The van der Waals surface area contributed by atoms with Gasteiger partial charge in [0.05, 0.1) is 16.3 Å². The summed E-state index contributed by atoms with van der Waals surface area (Å²) in [5.41, 5.74) is -1.81. The lowest BCUT2D eigenvalue weighted by atomic mass is 9.99. The molecule has 1 heterocycles. The van der Waals surface area contributed by atoms with E-state index < -0.39 is 39.8 Å². The Morgan fingerprint density at radius 1 is 1.38 bits per heavy atom. The van der Waals surface area contributed by atoms with E-state index in [1.807, 2.05) is 0 Å². The number of aromatic hydroxyl groups is 1. The summed E-state index contributed by atoms with van der Waals surface area (Å²) in [5.74, 6) is -3.01. The van der Waals surface area contributed by atoms with Gasteiger partial charge in [-0.05, 0) is 25.0 Å². The quantitative estimate of drug-likeness (QED) is 0.662. The molecule has 9 heteroatoms. The summed E-state index contributed by atoms with van der Waals surface area (Å²) in [5, 5.41) is 13.2. The van der Waals surface area contributed by atoms with Crippen molar-refractivity contribution in [3.63, 3.8) is 0 Å². The van der Waals surface area contributed by atoms with Crippen molar-refractivity contribution in [2.75, 3.05) is 0 Å². The lowest BCUT2D eigenvalue weighted by Gasteiger charge is -2.11. The summed E-state index contributed by atoms with van der Waals surface area (Å²) in [7, 11) is 1.42. The molecule has 1 saturated carbocycles. The van der Waals surface area contributed by atoms with Crippen molar-refractivity contribution in [2.45, 2.75) is 24.9 Å². The number of hydrogen-bond donors (Lipinski definition) is 1. The van der Waals surface area contributed by atoms with Crippen molar-refractivity contribution in [1.29, 1.82) is 0 Å². The molecular weight excluding hydrogens is 352 g/mol. The summed E-state index contributed by atoms with van der Waals surface area (Å²) in [4.78, 5) is 12.6. The van der Waals surface area contributed by atoms with Crippen LogP contribution in [-0.2, 0) is 13.2 Å². The first kappa shape index (κ1) is 16.8. The molecule has 0 unspecified atom stereocenters. The molecule has 1 aromatic carbocycles. The van der Waals surface area contributed by atoms with Gasteiger partial charge in [-0.2, -0.15) is 18.3 Å². The Balaban J connectivity index is 2.11. The van der Waals surface area contributed by atoms with Crippen LogP contribution in [0.3, 0.4) is 0 Å². The molecule has 0 atom stereocenters. The highest BCUT2D eigenvalue weighted by atomic mass is 35.5. The van der Waals surface area contributed by atoms with Crippen LogP contribution in [0.5, 0.6) is 5.88 Å². The molecule has 0 bridgehead atoms. The van der Waals surface area contributed by atoms with Crippen LogP contribution in [0.15, 0.2) is 12.1 Å². The van der Waals surface area contributed by atoms with Crippen LogP contribution in [0.2, 0.25) is 5.02 Å². The van der Waals surface area contributed by atoms with Crippen LogP contribution >= 0.6 is 11.6 Å². The molecule has 24 heavy (non-hydrogen) atoms. The highest BCUT2D eigenvalue weighted by molar-refractivity contribution is 6.35. The molecule has 0 aliphatic heterocycles. The maximum atomic E-state index is 13.9. The Morgan fingerprint density at radius 2 is 2.00 bits per heavy atom. The average molecular weight is 363 g/mol. The molecule has 0 radical (unpaired) electrons. The third-order valence-corrected chi connectivity index (χ3v) is 4.24. The van der Waals surface area contributed by atoms with Gasteiger partial charge in [0.1, 0.15) is 5.56 Å². The van der Waals surface area contributed by atoms with Crippen LogP contribution in [0.4, 0.5) is 17.6 Å². The van der Waals surface area contributed by atoms with Gasteiger partial charge < -0.3 is 5.11 Å². The molecule has 0 spiro atoms. The van der Waals surface area contributed by atoms with Gasteiger partial charge in [0.2, 0.25) is 11.7 Å². The van der Waals surface area contributed by atoms with Gasteiger partial charge in [-0.1, -0.05) is 11.6 Å². The number of nitrogens with zero attached hydrogens (tertiary/aromatic N) is 2. The number of hydrogen-bond acceptors (Lipinski definition) is 3. The maximum absolute atomic E-state index is 13.9. The first-order chi connectivity index (χ1) is 11.1. The Bertz CT molecular complexity index is 841. The zero-order valence-corrected chi connectivity index (χ0v) is 13.0. The second-order valence-corrected chi connectivity index (χ2v) is 5.98. The Morgan fingerprint density at radius 3 is 2.54 bits per heavy atom. The molecule has 1 fully saturated rings. The number of alkyl halides is 3. The van der Waals surface area contributed by atoms with Gasteiger partial charge in [-0.15, -0.1) is 0 Å². The average Bonchev–Trinajstić information content (AvgIpc) is 3.27. The second-order valence-electron chi connectivity index (χ2n) is 5.60. The highest BCUT2D eigenvalue weighted by Gasteiger charge is 2.38. The minimum Gasteiger partial charge on any atom is -0.493 e. The topological polar surface area (TPSA) is 55.1 Å². The predicted molar refractivity (Wildman–Crippen MR) is 76.7 cm³/mol. The van der Waals surface area contributed by atoms with Crippen molar-refractivity contribution >= 4 is 17.4 Å². The molecule has 0 saturated heterocycles. The summed E-state index contributed by atoms with van der Waals surface area (Å²) in [6, 6.07) is 1.26. The summed E-state index contributed by atoms with van der Waals surface area (Å²) < 4.78 is 53.1. The van der Waals surface area contributed by atoms with E-state index in [9.17, 15) is 27.5 Å². The predicted octanol–water partition coefficient (Wildman–Crippen LogP) is 4.05. The smallest absolute Gasteiger partial charge is 0.419 e. The minimum absolute atomic E-state index is 0.00544. The van der Waals surface area contributed by atoms with Crippen molar-refractivity contribution in [3.8, 4) is 5.88 Å². The number of rotatable bonds is 3. The van der Waals surface area contributed by atoms with E-state index in [2.05, 4.69) is 5.10 Å². The summed E-state index contributed by atoms with van der Waals surface area (Å²) in [6.07, 6.45) is -3.36. The third-order valence-electron chi connectivity index (χ3n) is 3.87. The van der Waals surface area contributed by atoms with Crippen molar-refractivity contribution in [1.82, 2.24) is 9.78 Å². The van der Waals surface area contributed by atoms with E-state index >= 15 is 0 Å². The van der Waals surface area contributed by atoms with E-state index in [1.165, 1.54) is 7.05 Å². The number of carbonyl (C=O) groups excluding carboxylic acids is 1. The fourth-order valence-electron chi connectivity index (χ4n) is 2.47. The van der Waals surface area contributed by atoms with Gasteiger partial charge >= 0.3 is 6.18 Å². The molecule has 128 valence electrons. The van der Waals surface area contributed by atoms with Crippen LogP contribution < -0.4 is 0 Å². The Labute approximate surface area is 138 Å². The second kappa shape index (κ2) is 5.47. The van der Waals surface area contributed by atoms with Crippen LogP contribution in [0, 0.1) is 5.82 Å². The van der Waals surface area contributed by atoms with E-state index in [0.29, 0.717) is 11.8 Å². The van der Waals surface area contributed by atoms with Gasteiger partial charge in [-0.25, -0.2) is 9.07 Å². The van der Waals surface area contributed by atoms with Crippen LogP contribution in [0.1, 0.15) is 45.9 Å². The lowest BCUT2D eigenvalue weighted by Crippen LogP contribution is -2.12. The fraction of sp³-hybridized carbons (Fsp3) is 0.333. The minimum atomic E-state index is -4.93. The number of aryl methyl sites for hydroxylation is 1. The number of aromatic nitrogens is 2. The number of halogens is 5. The monoisotopic (exact) mass is 362 g/mol. The van der Waals surface area contributed by atoms with Crippen LogP contribution in [0.25, 0.3) is 0 Å². The molecule has 3 rings (SSSR count). The van der Waals surface area contributed by atoms with Gasteiger partial charge in [0.25, 0.3) is 0 Å². The zero-order valence-electron chi connectivity index (χ0n) is 12.3. The molecule has 0 amide bonds. The van der Waals surface area contributed by atoms with E-state index in [1.54, 1.807) is 0 Å². The Kier molecular flexibility index (Phi) is 3.82. The molecule has 1 aliphatic carbocycles. The normalized spacial score (nSPS) is 14.9. The van der Waals surface area contributed by atoms with Crippen molar-refractivity contribution in [3.05, 3.63) is 45.4 Å². The van der Waals surface area contributed by atoms with Crippen molar-refractivity contribution < 1.29 is 27.5 Å². The highest BCUT2D eigenvalue weighted by Crippen LogP contribution is 2.44. The first-order valence-electron chi connectivity index (χ1n) is 6.98. The maximum Gasteiger partial charge on any atom is 0.419 e. The fourth-order valence-corrected chi connectivity index (χ4v) is 2.72. The SMILES string of the molecule is Cn1nc(C2CC2)c(C(=O)c2ccc(C(F)(F)F)c(F)c2Cl)c1O. The lowest BCUT2D eigenvalue weighted by molar-refractivity contribution is -0.140. The molecule has 1 aliphatic rings. The van der Waals surface area contributed by atoms with E-state index in [4.69, 9.17) is 11.6 Å². The molecule has 2 aromatic rings. The van der Waals surface area contributed by atoms with E-state index in [-0.39, 0.29) is 11.5 Å². The van der Waals surface area contributed by atoms with Crippen LogP contribution in [-0.4, -0.2) is 20.7 Å². The number of carbonyl (C=O) groups is 1. The number of benzene rings is 1.